The highest BCUT2D eigenvalue weighted by Gasteiger charge is 2.36. The van der Waals surface area contributed by atoms with Gasteiger partial charge in [0.05, 0.1) is 0 Å². The highest BCUT2D eigenvalue weighted by atomic mass is 32.2. The van der Waals surface area contributed by atoms with Crippen molar-refractivity contribution in [2.24, 2.45) is 0 Å². The number of carboxylic acids is 1. The van der Waals surface area contributed by atoms with Crippen molar-refractivity contribution in [3.8, 4) is 0 Å². The van der Waals surface area contributed by atoms with Crippen LogP contribution in [-0.2, 0) is 21.5 Å². The van der Waals surface area contributed by atoms with Crippen LogP contribution in [0.3, 0.4) is 0 Å². The molecule has 0 saturated carbocycles. The molecular formula is C13H17FN2O4S. The van der Waals surface area contributed by atoms with Gasteiger partial charge in [-0.3, -0.25) is 4.79 Å². The van der Waals surface area contributed by atoms with E-state index in [-0.39, 0.29) is 25.1 Å². The molecule has 0 bridgehead atoms. The van der Waals surface area contributed by atoms with Crippen molar-refractivity contribution < 1.29 is 22.7 Å². The Bertz CT molecular complexity index is 620. The lowest BCUT2D eigenvalue weighted by Crippen LogP contribution is -2.51. The molecule has 2 rings (SSSR count). The maximum absolute atomic E-state index is 13.5. The fraction of sp³-hybridized carbons (Fsp3) is 0.462. The SMILES string of the molecule is O=C(O)C1CCCCN1S(=O)(=O)NCc1ccccc1F. The molecule has 1 fully saturated rings. The molecule has 1 aromatic rings. The van der Waals surface area contributed by atoms with Crippen LogP contribution in [0, 0.1) is 5.82 Å². The Balaban J connectivity index is 2.10. The highest BCUT2D eigenvalue weighted by molar-refractivity contribution is 7.87. The van der Waals surface area contributed by atoms with Gasteiger partial charge in [-0.2, -0.15) is 17.4 Å². The topological polar surface area (TPSA) is 86.7 Å². The first kappa shape index (κ1) is 15.9. The molecule has 1 aromatic carbocycles. The van der Waals surface area contributed by atoms with Gasteiger partial charge in [0.1, 0.15) is 11.9 Å². The van der Waals surface area contributed by atoms with E-state index < -0.39 is 28.0 Å². The molecule has 1 unspecified atom stereocenters. The van der Waals surface area contributed by atoms with Crippen LogP contribution in [0.1, 0.15) is 24.8 Å². The number of benzene rings is 1. The van der Waals surface area contributed by atoms with Gasteiger partial charge in [-0.1, -0.05) is 18.2 Å². The third kappa shape index (κ3) is 3.78. The molecule has 8 heteroatoms. The maximum Gasteiger partial charge on any atom is 0.322 e. The molecule has 1 aliphatic heterocycles. The van der Waals surface area contributed by atoms with Crippen LogP contribution in [0.2, 0.25) is 0 Å². The zero-order chi connectivity index (χ0) is 15.5. The van der Waals surface area contributed by atoms with Crippen LogP contribution in [0.5, 0.6) is 0 Å². The quantitative estimate of drug-likeness (QED) is 0.851. The minimum Gasteiger partial charge on any atom is -0.480 e. The van der Waals surface area contributed by atoms with Crippen molar-refractivity contribution in [2.45, 2.75) is 31.8 Å². The minimum atomic E-state index is -3.96. The summed E-state index contributed by atoms with van der Waals surface area (Å²) >= 11 is 0. The molecule has 116 valence electrons. The highest BCUT2D eigenvalue weighted by Crippen LogP contribution is 2.20. The largest absolute Gasteiger partial charge is 0.480 e. The molecule has 0 spiro atoms. The maximum atomic E-state index is 13.5. The number of nitrogens with one attached hydrogen (secondary N) is 1. The van der Waals surface area contributed by atoms with E-state index in [2.05, 4.69) is 4.72 Å². The lowest BCUT2D eigenvalue weighted by Gasteiger charge is -2.31. The van der Waals surface area contributed by atoms with Gasteiger partial charge in [0.2, 0.25) is 0 Å². The molecule has 0 radical (unpaired) electrons. The number of halogens is 1. The van der Waals surface area contributed by atoms with E-state index in [9.17, 15) is 17.6 Å². The summed E-state index contributed by atoms with van der Waals surface area (Å²) in [6.45, 7) is -0.0541. The van der Waals surface area contributed by atoms with Crippen LogP contribution in [-0.4, -0.2) is 36.4 Å². The molecule has 1 heterocycles. The summed E-state index contributed by atoms with van der Waals surface area (Å²) in [4.78, 5) is 11.1. The summed E-state index contributed by atoms with van der Waals surface area (Å²) in [7, 11) is -3.96. The van der Waals surface area contributed by atoms with Crippen molar-refractivity contribution in [1.82, 2.24) is 9.03 Å². The molecule has 1 saturated heterocycles. The first-order valence-electron chi connectivity index (χ1n) is 6.64. The third-order valence-corrected chi connectivity index (χ3v) is 5.01. The number of rotatable bonds is 5. The van der Waals surface area contributed by atoms with Crippen LogP contribution >= 0.6 is 0 Å². The van der Waals surface area contributed by atoms with Crippen molar-refractivity contribution in [3.05, 3.63) is 35.6 Å². The number of hydrogen-bond donors (Lipinski definition) is 2. The van der Waals surface area contributed by atoms with Gasteiger partial charge in [0.25, 0.3) is 10.2 Å². The van der Waals surface area contributed by atoms with Gasteiger partial charge in [-0.15, -0.1) is 0 Å². The molecule has 0 aliphatic carbocycles. The third-order valence-electron chi connectivity index (χ3n) is 3.45. The fourth-order valence-electron chi connectivity index (χ4n) is 2.33. The number of carboxylic acid groups (broad SMARTS) is 1. The summed E-state index contributed by atoms with van der Waals surface area (Å²) in [5, 5.41) is 9.11. The minimum absolute atomic E-state index is 0.156. The summed E-state index contributed by atoms with van der Waals surface area (Å²) < 4.78 is 41.1. The monoisotopic (exact) mass is 316 g/mol. The van der Waals surface area contributed by atoms with Gasteiger partial charge in [0.15, 0.2) is 0 Å². The molecule has 1 atom stereocenters. The average molecular weight is 316 g/mol. The predicted octanol–water partition coefficient (Wildman–Crippen LogP) is 1.10. The Morgan fingerprint density at radius 1 is 1.38 bits per heavy atom. The van der Waals surface area contributed by atoms with Gasteiger partial charge >= 0.3 is 5.97 Å². The van der Waals surface area contributed by atoms with Gasteiger partial charge in [0, 0.05) is 18.7 Å². The van der Waals surface area contributed by atoms with Crippen LogP contribution < -0.4 is 4.72 Å². The standard InChI is InChI=1S/C13H17FN2O4S/c14-11-6-2-1-5-10(11)9-15-21(19,20)16-8-4-3-7-12(16)13(17)18/h1-2,5-6,12,15H,3-4,7-9H2,(H,17,18). The first-order valence-corrected chi connectivity index (χ1v) is 8.08. The zero-order valence-corrected chi connectivity index (χ0v) is 12.1. The molecule has 2 N–H and O–H groups in total. The predicted molar refractivity (Wildman–Crippen MR) is 74.1 cm³/mol. The normalized spacial score (nSPS) is 20.3. The lowest BCUT2D eigenvalue weighted by molar-refractivity contribution is -0.142. The Labute approximate surface area is 122 Å². The van der Waals surface area contributed by atoms with Crippen LogP contribution in [0.25, 0.3) is 0 Å². The van der Waals surface area contributed by atoms with E-state index in [4.69, 9.17) is 5.11 Å². The first-order chi connectivity index (χ1) is 9.92. The average Bonchev–Trinajstić information content (AvgIpc) is 2.46. The van der Waals surface area contributed by atoms with Crippen LogP contribution in [0.15, 0.2) is 24.3 Å². The Hall–Kier alpha value is -1.51. The van der Waals surface area contributed by atoms with Gasteiger partial charge in [-0.05, 0) is 25.3 Å². The second kappa shape index (κ2) is 6.50. The number of hydrogen-bond acceptors (Lipinski definition) is 3. The molecule has 6 nitrogen and oxygen atoms in total. The van der Waals surface area contributed by atoms with Crippen molar-refractivity contribution in [2.75, 3.05) is 6.54 Å². The Morgan fingerprint density at radius 3 is 2.76 bits per heavy atom. The summed E-state index contributed by atoms with van der Waals surface area (Å²) in [5.74, 6) is -1.67. The summed E-state index contributed by atoms with van der Waals surface area (Å²) in [5.41, 5.74) is 0.213. The smallest absolute Gasteiger partial charge is 0.322 e. The van der Waals surface area contributed by atoms with Crippen molar-refractivity contribution in [3.63, 3.8) is 0 Å². The number of piperidine rings is 1. The van der Waals surface area contributed by atoms with Crippen molar-refractivity contribution >= 4 is 16.2 Å². The van der Waals surface area contributed by atoms with Gasteiger partial charge < -0.3 is 5.11 Å². The fourth-order valence-corrected chi connectivity index (χ4v) is 3.74. The number of aliphatic carboxylic acids is 1. The van der Waals surface area contributed by atoms with Crippen LogP contribution in [0.4, 0.5) is 4.39 Å². The van der Waals surface area contributed by atoms with Gasteiger partial charge in [-0.25, -0.2) is 4.39 Å². The summed E-state index contributed by atoms with van der Waals surface area (Å²) in [6.07, 6.45) is 1.58. The number of carbonyl (C=O) groups is 1. The molecule has 0 aromatic heterocycles. The van der Waals surface area contributed by atoms with E-state index in [1.54, 1.807) is 6.07 Å². The zero-order valence-electron chi connectivity index (χ0n) is 11.3. The second-order valence-corrected chi connectivity index (χ2v) is 6.59. The molecule has 21 heavy (non-hydrogen) atoms. The molecule has 0 amide bonds. The molecule has 1 aliphatic rings. The van der Waals surface area contributed by atoms with E-state index in [1.165, 1.54) is 18.2 Å². The van der Waals surface area contributed by atoms with E-state index >= 15 is 0 Å². The van der Waals surface area contributed by atoms with E-state index in [0.717, 1.165) is 4.31 Å². The number of nitrogens with zero attached hydrogens (tertiary/aromatic N) is 1. The second-order valence-electron chi connectivity index (χ2n) is 4.88. The summed E-state index contributed by atoms with van der Waals surface area (Å²) in [6, 6.07) is 4.77. The van der Waals surface area contributed by atoms with E-state index in [0.29, 0.717) is 12.8 Å². The van der Waals surface area contributed by atoms with Crippen molar-refractivity contribution in [1.29, 1.82) is 0 Å². The Morgan fingerprint density at radius 2 is 2.10 bits per heavy atom. The lowest BCUT2D eigenvalue weighted by atomic mass is 10.1. The molecular weight excluding hydrogens is 299 g/mol. The Kier molecular flexibility index (Phi) is 4.92. The van der Waals surface area contributed by atoms with E-state index in [1.807, 2.05) is 0 Å².